The summed E-state index contributed by atoms with van der Waals surface area (Å²) in [5.41, 5.74) is 1.23. The van der Waals surface area contributed by atoms with Gasteiger partial charge in [0.1, 0.15) is 0 Å². The van der Waals surface area contributed by atoms with Crippen molar-refractivity contribution < 1.29 is 9.45 Å². The molecule has 0 aliphatic carbocycles. The summed E-state index contributed by atoms with van der Waals surface area (Å²) in [6.07, 6.45) is 0. The lowest BCUT2D eigenvalue weighted by atomic mass is 10.1. The normalized spacial score (nSPS) is 10.6. The molecule has 110 valence electrons. The predicted molar refractivity (Wildman–Crippen MR) is 81.4 cm³/mol. The number of non-ortho nitro benzene ring substituents is 1. The average Bonchev–Trinajstić information content (AvgIpc) is 2.90. The largest absolute Gasteiger partial charge is 0.358 e. The summed E-state index contributed by atoms with van der Waals surface area (Å²) < 4.78 is 6.52. The average molecular weight is 317 g/mol. The summed E-state index contributed by atoms with van der Waals surface area (Å²) in [5, 5.41) is 11.3. The molecular weight excluding hydrogens is 308 g/mol. The number of nitro benzene ring substituents is 1. The van der Waals surface area contributed by atoms with Crippen LogP contribution in [0, 0.1) is 10.1 Å². The second-order valence-corrected chi connectivity index (χ2v) is 4.95. The number of benzene rings is 2. The molecule has 0 aliphatic rings. The fraction of sp³-hybridized carbons (Fsp3) is 0. The van der Waals surface area contributed by atoms with Crippen LogP contribution in [0.5, 0.6) is 0 Å². The molecule has 0 fully saturated rings. The molecule has 0 N–H and O–H groups in total. The molecule has 2 aromatic carbocycles. The Morgan fingerprint density at radius 1 is 1.05 bits per heavy atom. The number of hydrogen-bond acceptors (Lipinski definition) is 4. The second kappa shape index (κ2) is 5.50. The third kappa shape index (κ3) is 2.64. The first-order valence-electron chi connectivity index (χ1n) is 6.29. The molecule has 3 aromatic rings. The molecule has 0 atom stereocenters. The van der Waals surface area contributed by atoms with Crippen LogP contribution in [0.3, 0.4) is 0 Å². The van der Waals surface area contributed by atoms with Gasteiger partial charge in [0.05, 0.1) is 22.4 Å². The van der Waals surface area contributed by atoms with Crippen LogP contribution >= 0.6 is 11.6 Å². The molecule has 1 heterocycles. The molecule has 1 aromatic heterocycles. The number of aromatic nitrogens is 1. The second-order valence-electron chi connectivity index (χ2n) is 4.51. The Hall–Kier alpha value is -2.86. The molecule has 0 amide bonds. The molecule has 6 nitrogen and oxygen atoms in total. The van der Waals surface area contributed by atoms with Gasteiger partial charge in [-0.25, -0.2) is 4.79 Å². The monoisotopic (exact) mass is 316 g/mol. The van der Waals surface area contributed by atoms with E-state index in [0.717, 1.165) is 0 Å². The van der Waals surface area contributed by atoms with Crippen molar-refractivity contribution in [2.45, 2.75) is 0 Å². The first-order valence-corrected chi connectivity index (χ1v) is 6.66. The van der Waals surface area contributed by atoms with Crippen LogP contribution < -0.4 is 5.63 Å². The van der Waals surface area contributed by atoms with Gasteiger partial charge in [0.25, 0.3) is 5.69 Å². The molecular formula is C15H9ClN2O4. The van der Waals surface area contributed by atoms with E-state index in [2.05, 4.69) is 0 Å². The van der Waals surface area contributed by atoms with Crippen molar-refractivity contribution in [1.29, 1.82) is 0 Å². The van der Waals surface area contributed by atoms with Crippen molar-refractivity contribution in [3.05, 3.63) is 80.2 Å². The maximum absolute atomic E-state index is 11.6. The molecule has 0 aliphatic heterocycles. The third-order valence-electron chi connectivity index (χ3n) is 3.09. The number of hydrogen-bond donors (Lipinski definition) is 0. The van der Waals surface area contributed by atoms with E-state index in [4.69, 9.17) is 16.1 Å². The zero-order valence-electron chi connectivity index (χ0n) is 11.1. The molecule has 22 heavy (non-hydrogen) atoms. The van der Waals surface area contributed by atoms with Gasteiger partial charge in [-0.2, -0.15) is 4.74 Å². The summed E-state index contributed by atoms with van der Waals surface area (Å²) >= 11 is 5.84. The molecule has 0 bridgehead atoms. The Morgan fingerprint density at radius 2 is 1.68 bits per heavy atom. The quantitative estimate of drug-likeness (QED) is 0.545. The van der Waals surface area contributed by atoms with Crippen LogP contribution in [-0.4, -0.2) is 9.66 Å². The number of nitrogens with zero attached hydrogens (tertiary/aromatic N) is 2. The Labute approximate surface area is 129 Å². The third-order valence-corrected chi connectivity index (χ3v) is 3.34. The van der Waals surface area contributed by atoms with Crippen molar-refractivity contribution in [2.24, 2.45) is 0 Å². The lowest BCUT2D eigenvalue weighted by Crippen LogP contribution is -1.96. The van der Waals surface area contributed by atoms with Gasteiger partial charge >= 0.3 is 5.63 Å². The Balaban J connectivity index is 2.09. The summed E-state index contributed by atoms with van der Waals surface area (Å²) in [7, 11) is 0. The van der Waals surface area contributed by atoms with Crippen molar-refractivity contribution in [3.63, 3.8) is 0 Å². The minimum atomic E-state index is -0.511. The maximum Gasteiger partial charge on any atom is 0.358 e. The van der Waals surface area contributed by atoms with Crippen LogP contribution in [0.1, 0.15) is 0 Å². The van der Waals surface area contributed by atoms with Crippen LogP contribution in [0.4, 0.5) is 5.69 Å². The Morgan fingerprint density at radius 3 is 2.27 bits per heavy atom. The highest BCUT2D eigenvalue weighted by Gasteiger charge is 2.13. The zero-order chi connectivity index (χ0) is 15.7. The fourth-order valence-electron chi connectivity index (χ4n) is 2.06. The van der Waals surface area contributed by atoms with E-state index in [1.807, 2.05) is 0 Å². The molecule has 0 unspecified atom stereocenters. The van der Waals surface area contributed by atoms with E-state index >= 15 is 0 Å². The van der Waals surface area contributed by atoms with Crippen LogP contribution in [-0.2, 0) is 0 Å². The van der Waals surface area contributed by atoms with E-state index in [-0.39, 0.29) is 5.69 Å². The van der Waals surface area contributed by atoms with Crippen molar-refractivity contribution >= 4 is 17.3 Å². The highest BCUT2D eigenvalue weighted by molar-refractivity contribution is 6.30. The first-order chi connectivity index (χ1) is 10.5. The van der Waals surface area contributed by atoms with Gasteiger partial charge in [-0.05, 0) is 36.4 Å². The van der Waals surface area contributed by atoms with Crippen molar-refractivity contribution in [3.8, 4) is 16.9 Å². The Bertz CT molecular complexity index is 879. The highest BCUT2D eigenvalue weighted by atomic mass is 35.5. The van der Waals surface area contributed by atoms with Crippen LogP contribution in [0.25, 0.3) is 16.9 Å². The zero-order valence-corrected chi connectivity index (χ0v) is 11.9. The smallest absolute Gasteiger partial charge is 0.331 e. The number of halogens is 1. The molecule has 0 saturated heterocycles. The predicted octanol–water partition coefficient (Wildman–Crippen LogP) is 3.66. The van der Waals surface area contributed by atoms with E-state index in [0.29, 0.717) is 22.0 Å². The van der Waals surface area contributed by atoms with Gasteiger partial charge < -0.3 is 4.52 Å². The summed E-state index contributed by atoms with van der Waals surface area (Å²) in [6.45, 7) is 0. The molecule has 0 spiro atoms. The number of rotatable bonds is 3. The van der Waals surface area contributed by atoms with E-state index in [9.17, 15) is 14.9 Å². The topological polar surface area (TPSA) is 78.3 Å². The van der Waals surface area contributed by atoms with Gasteiger partial charge in [0, 0.05) is 22.7 Å². The maximum atomic E-state index is 11.6. The summed E-state index contributed by atoms with van der Waals surface area (Å²) in [4.78, 5) is 21.8. The van der Waals surface area contributed by atoms with E-state index < -0.39 is 10.5 Å². The van der Waals surface area contributed by atoms with Crippen molar-refractivity contribution in [1.82, 2.24) is 4.74 Å². The van der Waals surface area contributed by atoms with Gasteiger partial charge in [-0.15, -0.1) is 0 Å². The van der Waals surface area contributed by atoms with Crippen LogP contribution in [0.15, 0.2) is 63.9 Å². The molecule has 3 rings (SSSR count). The van der Waals surface area contributed by atoms with E-state index in [1.54, 1.807) is 36.4 Å². The van der Waals surface area contributed by atoms with Gasteiger partial charge in [0.2, 0.25) is 0 Å². The highest BCUT2D eigenvalue weighted by Crippen LogP contribution is 2.25. The van der Waals surface area contributed by atoms with Gasteiger partial charge in [0.15, 0.2) is 0 Å². The van der Waals surface area contributed by atoms with Gasteiger partial charge in [-0.3, -0.25) is 10.1 Å². The molecule has 0 radical (unpaired) electrons. The minimum Gasteiger partial charge on any atom is -0.331 e. The Kier molecular flexibility index (Phi) is 3.52. The van der Waals surface area contributed by atoms with Crippen LogP contribution in [0.2, 0.25) is 5.02 Å². The standard InChI is InChI=1S/C15H9ClN2O4/c16-11-3-7-12(8-4-11)17-14(9-15(19)22-17)10-1-5-13(6-2-10)18(20)21/h1-9H. The van der Waals surface area contributed by atoms with Crippen molar-refractivity contribution in [2.75, 3.05) is 0 Å². The summed E-state index contributed by atoms with van der Waals surface area (Å²) in [6, 6.07) is 14.0. The first kappa shape index (κ1) is 14.1. The minimum absolute atomic E-state index is 0.0207. The SMILES string of the molecule is O=c1cc(-c2ccc([N+](=O)[O-])cc2)n(-c2ccc(Cl)cc2)o1. The fourth-order valence-corrected chi connectivity index (χ4v) is 2.18. The summed E-state index contributed by atoms with van der Waals surface area (Å²) in [5.74, 6) is 0. The molecule has 7 heteroatoms. The van der Waals surface area contributed by atoms with Gasteiger partial charge in [-0.1, -0.05) is 11.6 Å². The lowest BCUT2D eigenvalue weighted by Gasteiger charge is -2.06. The number of nitro groups is 1. The lowest BCUT2D eigenvalue weighted by molar-refractivity contribution is -0.384. The molecule has 0 saturated carbocycles. The van der Waals surface area contributed by atoms with E-state index in [1.165, 1.54) is 22.9 Å².